The molecule has 0 radical (unpaired) electrons. The Morgan fingerprint density at radius 1 is 1.10 bits per heavy atom. The van der Waals surface area contributed by atoms with Crippen LogP contribution in [0.4, 0.5) is 0 Å². The van der Waals surface area contributed by atoms with Crippen molar-refractivity contribution in [3.05, 3.63) is 34.9 Å². The summed E-state index contributed by atoms with van der Waals surface area (Å²) in [6, 6.07) is 5.89. The molecular formula is C16H21NO3. The monoisotopic (exact) mass is 275 g/mol. The van der Waals surface area contributed by atoms with Crippen molar-refractivity contribution in [2.45, 2.75) is 26.7 Å². The van der Waals surface area contributed by atoms with Crippen LogP contribution in [-0.2, 0) is 9.53 Å². The fourth-order valence-corrected chi connectivity index (χ4v) is 2.77. The lowest BCUT2D eigenvalue weighted by molar-refractivity contribution is -0.146. The molecule has 20 heavy (non-hydrogen) atoms. The zero-order valence-electron chi connectivity index (χ0n) is 12.3. The fraction of sp³-hybridized carbons (Fsp3) is 0.500. The number of carbonyl (C=O) groups is 2. The van der Waals surface area contributed by atoms with Crippen LogP contribution in [0.1, 0.15) is 34.3 Å². The molecule has 0 aromatic heterocycles. The minimum Gasteiger partial charge on any atom is -0.469 e. The first-order valence-corrected chi connectivity index (χ1v) is 6.96. The highest BCUT2D eigenvalue weighted by Gasteiger charge is 2.28. The van der Waals surface area contributed by atoms with Crippen molar-refractivity contribution >= 4 is 11.9 Å². The van der Waals surface area contributed by atoms with E-state index in [2.05, 4.69) is 6.07 Å². The van der Waals surface area contributed by atoms with E-state index in [-0.39, 0.29) is 17.8 Å². The standard InChI is InChI=1S/C16H21NO3/c1-11-8-12(2)10-14(9-11)15(18)17-6-4-13(5-7-17)16(19)20-3/h8-10,13H,4-7H2,1-3H3. The summed E-state index contributed by atoms with van der Waals surface area (Å²) in [5, 5.41) is 0. The highest BCUT2D eigenvalue weighted by molar-refractivity contribution is 5.94. The van der Waals surface area contributed by atoms with Crippen LogP contribution in [0.15, 0.2) is 18.2 Å². The number of likely N-dealkylation sites (tertiary alicyclic amines) is 1. The third-order valence-electron chi connectivity index (χ3n) is 3.79. The summed E-state index contributed by atoms with van der Waals surface area (Å²) in [7, 11) is 1.41. The number of hydrogen-bond acceptors (Lipinski definition) is 3. The van der Waals surface area contributed by atoms with E-state index >= 15 is 0 Å². The summed E-state index contributed by atoms with van der Waals surface area (Å²) in [5.74, 6) is -0.174. The van der Waals surface area contributed by atoms with Crippen LogP contribution in [0.2, 0.25) is 0 Å². The van der Waals surface area contributed by atoms with E-state index in [0.717, 1.165) is 16.7 Å². The molecule has 4 heteroatoms. The number of methoxy groups -OCH3 is 1. The zero-order chi connectivity index (χ0) is 14.7. The highest BCUT2D eigenvalue weighted by atomic mass is 16.5. The van der Waals surface area contributed by atoms with Crippen molar-refractivity contribution < 1.29 is 14.3 Å². The summed E-state index contributed by atoms with van der Waals surface area (Å²) in [6.45, 7) is 5.22. The molecule has 1 saturated heterocycles. The fourth-order valence-electron chi connectivity index (χ4n) is 2.77. The van der Waals surface area contributed by atoms with Crippen molar-refractivity contribution in [1.29, 1.82) is 0 Å². The van der Waals surface area contributed by atoms with Crippen LogP contribution in [0.25, 0.3) is 0 Å². The first-order chi connectivity index (χ1) is 9.51. The lowest BCUT2D eigenvalue weighted by Gasteiger charge is -2.30. The summed E-state index contributed by atoms with van der Waals surface area (Å²) < 4.78 is 4.76. The maximum absolute atomic E-state index is 12.5. The second kappa shape index (κ2) is 6.07. The van der Waals surface area contributed by atoms with Gasteiger partial charge < -0.3 is 9.64 Å². The van der Waals surface area contributed by atoms with Gasteiger partial charge >= 0.3 is 5.97 Å². The molecule has 1 aromatic carbocycles. The Labute approximate surface area is 119 Å². The molecular weight excluding hydrogens is 254 g/mol. The average molecular weight is 275 g/mol. The molecule has 0 aliphatic carbocycles. The number of carbonyl (C=O) groups excluding carboxylic acids is 2. The quantitative estimate of drug-likeness (QED) is 0.778. The van der Waals surface area contributed by atoms with Gasteiger partial charge in [-0.05, 0) is 38.8 Å². The van der Waals surface area contributed by atoms with Crippen LogP contribution in [-0.4, -0.2) is 37.0 Å². The summed E-state index contributed by atoms with van der Waals surface area (Å²) >= 11 is 0. The summed E-state index contributed by atoms with van der Waals surface area (Å²) in [5.41, 5.74) is 2.93. The minimum atomic E-state index is -0.163. The largest absolute Gasteiger partial charge is 0.469 e. The number of amides is 1. The normalized spacial score (nSPS) is 16.1. The first kappa shape index (κ1) is 14.6. The van der Waals surface area contributed by atoms with Gasteiger partial charge in [-0.3, -0.25) is 9.59 Å². The Bertz CT molecular complexity index is 496. The number of esters is 1. The molecule has 1 aliphatic heterocycles. The number of aryl methyl sites for hydroxylation is 2. The summed E-state index contributed by atoms with van der Waals surface area (Å²) in [4.78, 5) is 25.8. The molecule has 1 heterocycles. The van der Waals surface area contributed by atoms with Crippen LogP contribution >= 0.6 is 0 Å². The van der Waals surface area contributed by atoms with Gasteiger partial charge in [0, 0.05) is 18.7 Å². The molecule has 1 fully saturated rings. The number of nitrogens with zero attached hydrogens (tertiary/aromatic N) is 1. The topological polar surface area (TPSA) is 46.6 Å². The average Bonchev–Trinajstić information content (AvgIpc) is 2.45. The van der Waals surface area contributed by atoms with Gasteiger partial charge in [0.2, 0.25) is 0 Å². The molecule has 2 rings (SSSR count). The van der Waals surface area contributed by atoms with Crippen LogP contribution in [0.3, 0.4) is 0 Å². The number of hydrogen-bond donors (Lipinski definition) is 0. The maximum Gasteiger partial charge on any atom is 0.308 e. The van der Waals surface area contributed by atoms with Crippen molar-refractivity contribution in [2.75, 3.05) is 20.2 Å². The first-order valence-electron chi connectivity index (χ1n) is 6.96. The molecule has 0 unspecified atom stereocenters. The van der Waals surface area contributed by atoms with Gasteiger partial charge in [-0.1, -0.05) is 17.2 Å². The molecule has 4 nitrogen and oxygen atoms in total. The van der Waals surface area contributed by atoms with Gasteiger partial charge in [-0.15, -0.1) is 0 Å². The van der Waals surface area contributed by atoms with E-state index < -0.39 is 0 Å². The van der Waals surface area contributed by atoms with Gasteiger partial charge in [0.15, 0.2) is 0 Å². The molecule has 0 saturated carbocycles. The molecule has 1 aromatic rings. The molecule has 1 aliphatic rings. The van der Waals surface area contributed by atoms with Gasteiger partial charge in [-0.2, -0.15) is 0 Å². The Balaban J connectivity index is 2.03. The highest BCUT2D eigenvalue weighted by Crippen LogP contribution is 2.21. The SMILES string of the molecule is COC(=O)C1CCN(C(=O)c2cc(C)cc(C)c2)CC1. The number of piperidine rings is 1. The predicted molar refractivity (Wildman–Crippen MR) is 76.6 cm³/mol. The molecule has 0 bridgehead atoms. The van der Waals surface area contributed by atoms with Crippen molar-refractivity contribution in [1.82, 2.24) is 4.90 Å². The Morgan fingerprint density at radius 2 is 1.65 bits per heavy atom. The zero-order valence-corrected chi connectivity index (χ0v) is 12.3. The number of benzene rings is 1. The van der Waals surface area contributed by atoms with Gasteiger partial charge in [0.05, 0.1) is 13.0 Å². The van der Waals surface area contributed by atoms with E-state index in [9.17, 15) is 9.59 Å². The second-order valence-electron chi connectivity index (χ2n) is 5.47. The smallest absolute Gasteiger partial charge is 0.308 e. The van der Waals surface area contributed by atoms with Crippen molar-refractivity contribution in [3.8, 4) is 0 Å². The van der Waals surface area contributed by atoms with Crippen LogP contribution in [0.5, 0.6) is 0 Å². The Hall–Kier alpha value is -1.84. The second-order valence-corrected chi connectivity index (χ2v) is 5.47. The summed E-state index contributed by atoms with van der Waals surface area (Å²) in [6.07, 6.45) is 1.37. The molecule has 0 N–H and O–H groups in total. The molecule has 1 amide bonds. The Morgan fingerprint density at radius 3 is 2.15 bits per heavy atom. The molecule has 0 spiro atoms. The molecule has 108 valence electrons. The van der Waals surface area contributed by atoms with Gasteiger partial charge in [-0.25, -0.2) is 0 Å². The number of rotatable bonds is 2. The van der Waals surface area contributed by atoms with E-state index in [0.29, 0.717) is 25.9 Å². The number of ether oxygens (including phenoxy) is 1. The molecule has 0 atom stereocenters. The van der Waals surface area contributed by atoms with E-state index in [1.807, 2.05) is 30.9 Å². The van der Waals surface area contributed by atoms with Crippen molar-refractivity contribution in [3.63, 3.8) is 0 Å². The lowest BCUT2D eigenvalue weighted by atomic mass is 9.96. The van der Waals surface area contributed by atoms with Gasteiger partial charge in [0.25, 0.3) is 5.91 Å². The van der Waals surface area contributed by atoms with Gasteiger partial charge in [0.1, 0.15) is 0 Å². The lowest BCUT2D eigenvalue weighted by Crippen LogP contribution is -2.40. The minimum absolute atomic E-state index is 0.0557. The van der Waals surface area contributed by atoms with E-state index in [4.69, 9.17) is 4.74 Å². The predicted octanol–water partition coefficient (Wildman–Crippen LogP) is 2.33. The van der Waals surface area contributed by atoms with E-state index in [1.165, 1.54) is 7.11 Å². The van der Waals surface area contributed by atoms with Crippen LogP contribution < -0.4 is 0 Å². The van der Waals surface area contributed by atoms with Crippen molar-refractivity contribution in [2.24, 2.45) is 5.92 Å². The Kier molecular flexibility index (Phi) is 4.42. The van der Waals surface area contributed by atoms with Crippen LogP contribution in [0, 0.1) is 19.8 Å². The third kappa shape index (κ3) is 3.18. The van der Waals surface area contributed by atoms with E-state index in [1.54, 1.807) is 0 Å². The third-order valence-corrected chi connectivity index (χ3v) is 3.79. The maximum atomic E-state index is 12.5.